The summed E-state index contributed by atoms with van der Waals surface area (Å²) in [6, 6.07) is 6.40. The van der Waals surface area contributed by atoms with E-state index < -0.39 is 18.6 Å². The van der Waals surface area contributed by atoms with Crippen molar-refractivity contribution >= 4 is 5.97 Å². The number of aryl methyl sites for hydroxylation is 1. The molecule has 0 amide bonds. The lowest BCUT2D eigenvalue weighted by Gasteiger charge is -2.09. The van der Waals surface area contributed by atoms with Crippen molar-refractivity contribution in [3.05, 3.63) is 29.8 Å². The molecule has 4 nitrogen and oxygen atoms in total. The second-order valence-electron chi connectivity index (χ2n) is 3.96. The fourth-order valence-corrected chi connectivity index (χ4v) is 1.41. The summed E-state index contributed by atoms with van der Waals surface area (Å²) < 4.78 is 5.06. The smallest absolute Gasteiger partial charge is 0.330 e. The Labute approximate surface area is 101 Å². The van der Waals surface area contributed by atoms with Gasteiger partial charge in [0, 0.05) is 0 Å². The normalized spacial score (nSPS) is 12.2. The highest BCUT2D eigenvalue weighted by atomic mass is 16.5. The summed E-state index contributed by atoms with van der Waals surface area (Å²) in [6.45, 7) is 1.72. The van der Waals surface area contributed by atoms with E-state index in [1.54, 1.807) is 6.07 Å². The molecule has 94 valence electrons. The predicted molar refractivity (Wildman–Crippen MR) is 65.8 cm³/mol. The Balaban J connectivity index is 2.62. The van der Waals surface area contributed by atoms with Crippen LogP contribution in [0.3, 0.4) is 0 Å². The highest BCUT2D eigenvalue weighted by Crippen LogP contribution is 2.15. The second kappa shape index (κ2) is 7.04. The van der Waals surface area contributed by atoms with Crippen LogP contribution in [-0.2, 0) is 11.2 Å². The van der Waals surface area contributed by atoms with Crippen LogP contribution in [0.15, 0.2) is 24.3 Å². The Bertz CT molecular complexity index is 365. The van der Waals surface area contributed by atoms with E-state index in [-0.39, 0.29) is 0 Å². The Hall–Kier alpha value is -1.39. The molecular weight excluding hydrogens is 218 g/mol. The summed E-state index contributed by atoms with van der Waals surface area (Å²) in [7, 11) is 0. The number of unbranched alkanes of at least 4 members (excludes halogenated alkanes) is 1. The molecule has 0 aromatic heterocycles. The molecule has 0 radical (unpaired) electrons. The number of benzene rings is 1. The van der Waals surface area contributed by atoms with Crippen LogP contribution in [-0.4, -0.2) is 23.7 Å². The first kappa shape index (κ1) is 13.7. The van der Waals surface area contributed by atoms with Gasteiger partial charge in [-0.25, -0.2) is 4.79 Å². The van der Waals surface area contributed by atoms with Gasteiger partial charge in [0.2, 0.25) is 0 Å². The summed E-state index contributed by atoms with van der Waals surface area (Å²) in [4.78, 5) is 11.4. The molecule has 0 heterocycles. The molecule has 0 saturated carbocycles. The topological polar surface area (TPSA) is 72.5 Å². The Morgan fingerprint density at radius 2 is 2.29 bits per heavy atom. The van der Waals surface area contributed by atoms with Crippen molar-refractivity contribution in [2.24, 2.45) is 5.73 Å². The molecule has 3 N–H and O–H groups in total. The Morgan fingerprint density at radius 3 is 2.94 bits per heavy atom. The van der Waals surface area contributed by atoms with Crippen LogP contribution in [0.25, 0.3) is 0 Å². The van der Waals surface area contributed by atoms with Gasteiger partial charge in [0.25, 0.3) is 0 Å². The summed E-state index contributed by atoms with van der Waals surface area (Å²) >= 11 is 0. The minimum atomic E-state index is -0.978. The fraction of sp³-hybridized carbons (Fsp3) is 0.462. The van der Waals surface area contributed by atoms with E-state index in [1.165, 1.54) is 0 Å². The van der Waals surface area contributed by atoms with E-state index in [9.17, 15) is 4.79 Å². The zero-order chi connectivity index (χ0) is 12.7. The molecule has 1 aromatic rings. The van der Waals surface area contributed by atoms with E-state index in [2.05, 4.69) is 6.92 Å². The van der Waals surface area contributed by atoms with Gasteiger partial charge in [-0.15, -0.1) is 0 Å². The first-order valence-corrected chi connectivity index (χ1v) is 5.84. The minimum Gasteiger partial charge on any atom is -0.425 e. The molecular formula is C13H19NO3. The maximum Gasteiger partial charge on any atom is 0.330 e. The maximum atomic E-state index is 11.4. The second-order valence-corrected chi connectivity index (χ2v) is 3.96. The van der Waals surface area contributed by atoms with Gasteiger partial charge in [0.15, 0.2) is 0 Å². The van der Waals surface area contributed by atoms with Crippen molar-refractivity contribution < 1.29 is 14.6 Å². The van der Waals surface area contributed by atoms with E-state index in [0.717, 1.165) is 24.8 Å². The number of carbonyl (C=O) groups is 1. The molecule has 0 aliphatic heterocycles. The lowest BCUT2D eigenvalue weighted by atomic mass is 10.1. The third-order valence-electron chi connectivity index (χ3n) is 2.44. The molecule has 4 heteroatoms. The average molecular weight is 237 g/mol. The van der Waals surface area contributed by atoms with E-state index >= 15 is 0 Å². The SMILES string of the molecule is CCCCc1cccc(OC(=O)C(N)CO)c1. The van der Waals surface area contributed by atoms with E-state index in [4.69, 9.17) is 15.6 Å². The molecule has 17 heavy (non-hydrogen) atoms. The van der Waals surface area contributed by atoms with Gasteiger partial charge in [-0.1, -0.05) is 25.5 Å². The van der Waals surface area contributed by atoms with Crippen LogP contribution < -0.4 is 10.5 Å². The van der Waals surface area contributed by atoms with Crippen molar-refractivity contribution in [3.8, 4) is 5.75 Å². The molecule has 0 aliphatic rings. The van der Waals surface area contributed by atoms with Crippen molar-refractivity contribution in [3.63, 3.8) is 0 Å². The van der Waals surface area contributed by atoms with Crippen LogP contribution in [0.5, 0.6) is 5.75 Å². The molecule has 1 unspecified atom stereocenters. The predicted octanol–water partition coefficient (Wildman–Crippen LogP) is 1.25. The lowest BCUT2D eigenvalue weighted by molar-refractivity contribution is -0.136. The van der Waals surface area contributed by atoms with Gasteiger partial charge in [-0.05, 0) is 30.5 Å². The standard InChI is InChI=1S/C13H19NO3/c1-2-3-5-10-6-4-7-11(8-10)17-13(16)12(14)9-15/h4,6-8,12,15H,2-3,5,9,14H2,1H3. The van der Waals surface area contributed by atoms with Gasteiger partial charge in [0.1, 0.15) is 11.8 Å². The number of ether oxygens (including phenoxy) is 1. The quantitative estimate of drug-likeness (QED) is 0.577. The van der Waals surface area contributed by atoms with E-state index in [0.29, 0.717) is 5.75 Å². The zero-order valence-corrected chi connectivity index (χ0v) is 10.1. The average Bonchev–Trinajstić information content (AvgIpc) is 2.35. The van der Waals surface area contributed by atoms with Crippen LogP contribution >= 0.6 is 0 Å². The van der Waals surface area contributed by atoms with Crippen LogP contribution in [0.4, 0.5) is 0 Å². The number of aliphatic hydroxyl groups is 1. The summed E-state index contributed by atoms with van der Waals surface area (Å²) in [5, 5.41) is 8.73. The molecule has 0 aliphatic carbocycles. The number of aliphatic hydroxyl groups excluding tert-OH is 1. The third kappa shape index (κ3) is 4.54. The number of hydrogen-bond acceptors (Lipinski definition) is 4. The molecule has 1 atom stereocenters. The highest BCUT2D eigenvalue weighted by molar-refractivity contribution is 5.78. The van der Waals surface area contributed by atoms with Gasteiger partial charge in [-0.3, -0.25) is 0 Å². The first-order valence-electron chi connectivity index (χ1n) is 5.84. The molecule has 0 fully saturated rings. The molecule has 0 bridgehead atoms. The lowest BCUT2D eigenvalue weighted by Crippen LogP contribution is -2.37. The number of esters is 1. The Morgan fingerprint density at radius 1 is 1.53 bits per heavy atom. The fourth-order valence-electron chi connectivity index (χ4n) is 1.41. The minimum absolute atomic E-state index is 0.408. The van der Waals surface area contributed by atoms with Crippen LogP contribution in [0.2, 0.25) is 0 Å². The Kier molecular flexibility index (Phi) is 5.66. The summed E-state index contributed by atoms with van der Waals surface area (Å²) in [5.41, 5.74) is 6.49. The van der Waals surface area contributed by atoms with Crippen LogP contribution in [0, 0.1) is 0 Å². The van der Waals surface area contributed by atoms with Crippen LogP contribution in [0.1, 0.15) is 25.3 Å². The van der Waals surface area contributed by atoms with E-state index in [1.807, 2.05) is 18.2 Å². The van der Waals surface area contributed by atoms with Crippen molar-refractivity contribution in [2.75, 3.05) is 6.61 Å². The number of nitrogens with two attached hydrogens (primary N) is 1. The molecule has 0 saturated heterocycles. The third-order valence-corrected chi connectivity index (χ3v) is 2.44. The monoisotopic (exact) mass is 237 g/mol. The molecule has 1 rings (SSSR count). The van der Waals surface area contributed by atoms with Gasteiger partial charge >= 0.3 is 5.97 Å². The van der Waals surface area contributed by atoms with Crippen molar-refractivity contribution in [2.45, 2.75) is 32.2 Å². The highest BCUT2D eigenvalue weighted by Gasteiger charge is 2.14. The largest absolute Gasteiger partial charge is 0.425 e. The molecule has 1 aromatic carbocycles. The van der Waals surface area contributed by atoms with Gasteiger partial charge in [0.05, 0.1) is 6.61 Å². The number of hydrogen-bond donors (Lipinski definition) is 2. The zero-order valence-electron chi connectivity index (χ0n) is 10.1. The number of rotatable bonds is 6. The first-order chi connectivity index (χ1) is 8.17. The molecule has 0 spiro atoms. The van der Waals surface area contributed by atoms with Crippen molar-refractivity contribution in [1.82, 2.24) is 0 Å². The van der Waals surface area contributed by atoms with Gasteiger partial charge in [-0.2, -0.15) is 0 Å². The number of carbonyl (C=O) groups excluding carboxylic acids is 1. The maximum absolute atomic E-state index is 11.4. The summed E-state index contributed by atoms with van der Waals surface area (Å²) in [5.74, 6) is -0.132. The van der Waals surface area contributed by atoms with Crippen molar-refractivity contribution in [1.29, 1.82) is 0 Å². The van der Waals surface area contributed by atoms with Gasteiger partial charge < -0.3 is 15.6 Å². The summed E-state index contributed by atoms with van der Waals surface area (Å²) in [6.07, 6.45) is 3.20.